The molecule has 1 N–H and O–H groups in total. The molecule has 0 saturated carbocycles. The Bertz CT molecular complexity index is 1460. The van der Waals surface area contributed by atoms with Gasteiger partial charge in [-0.3, -0.25) is 4.90 Å². The number of ether oxygens (including phenoxy) is 2. The monoisotopic (exact) mass is 632 g/mol. The second-order valence-electron chi connectivity index (χ2n) is 11.9. The van der Waals surface area contributed by atoms with Crippen molar-refractivity contribution < 1.29 is 23.9 Å². The minimum absolute atomic E-state index is 0.0652. The van der Waals surface area contributed by atoms with Gasteiger partial charge in [0.25, 0.3) is 0 Å². The summed E-state index contributed by atoms with van der Waals surface area (Å²) in [5.41, 5.74) is 3.61. The molecule has 3 atom stereocenters. The lowest BCUT2D eigenvalue weighted by Gasteiger charge is -2.46. The molecule has 5 rings (SSSR count). The molecule has 0 aliphatic carbocycles. The SMILES string of the molecule is COC(=O)C(NC(=O)N1CC[C@@H](N2CCN(c3cccc(Cl)c3)CC2)[C@H](OC(=O)c2ccc(-c3ccccc3)cc2)C1)C(C)C. The third-order valence-corrected chi connectivity index (χ3v) is 8.89. The number of amides is 2. The standard InChI is InChI=1S/C35H41ClN4O5/c1-24(2)32(34(42)44-3)37-35(43)40-17-16-30(39-20-18-38(19-21-39)29-11-7-10-28(36)22-29)31(23-40)45-33(41)27-14-12-26(13-15-27)25-8-5-4-6-9-25/h4-15,22,24,30-32H,16-21,23H2,1-3H3,(H,37,43)/t30-,31-,32?/m1/s1. The van der Waals surface area contributed by atoms with E-state index in [-0.39, 0.29) is 24.5 Å². The molecule has 0 bridgehead atoms. The number of piperazine rings is 1. The number of urea groups is 1. The number of piperidine rings is 1. The number of likely N-dealkylation sites (tertiary alicyclic amines) is 1. The second-order valence-corrected chi connectivity index (χ2v) is 12.3. The normalized spacial score (nSPS) is 19.6. The quantitative estimate of drug-likeness (QED) is 0.336. The molecule has 0 aromatic heterocycles. The predicted octanol–water partition coefficient (Wildman–Crippen LogP) is 5.34. The van der Waals surface area contributed by atoms with E-state index in [1.54, 1.807) is 17.0 Å². The summed E-state index contributed by atoms with van der Waals surface area (Å²) in [5, 5.41) is 3.53. The zero-order valence-corrected chi connectivity index (χ0v) is 26.8. The highest BCUT2D eigenvalue weighted by atomic mass is 35.5. The Labute approximate surface area is 270 Å². The number of benzene rings is 3. The van der Waals surface area contributed by atoms with E-state index in [1.165, 1.54) is 7.11 Å². The number of rotatable bonds is 8. The first kappa shape index (κ1) is 32.3. The van der Waals surface area contributed by atoms with Crippen LogP contribution < -0.4 is 10.2 Å². The molecule has 2 saturated heterocycles. The third-order valence-electron chi connectivity index (χ3n) is 8.66. The van der Waals surface area contributed by atoms with Crippen LogP contribution >= 0.6 is 11.6 Å². The molecule has 2 heterocycles. The van der Waals surface area contributed by atoms with E-state index in [0.717, 1.165) is 43.0 Å². The number of nitrogens with zero attached hydrogens (tertiary/aromatic N) is 3. The summed E-state index contributed by atoms with van der Waals surface area (Å²) in [4.78, 5) is 45.5. The van der Waals surface area contributed by atoms with Crippen LogP contribution in [0.2, 0.25) is 5.02 Å². The topological polar surface area (TPSA) is 91.4 Å². The van der Waals surface area contributed by atoms with Gasteiger partial charge in [-0.25, -0.2) is 14.4 Å². The molecule has 3 aromatic rings. The van der Waals surface area contributed by atoms with Crippen molar-refractivity contribution in [1.29, 1.82) is 0 Å². The molecule has 238 valence electrons. The van der Waals surface area contributed by atoms with E-state index >= 15 is 0 Å². The summed E-state index contributed by atoms with van der Waals surface area (Å²) in [7, 11) is 1.31. The van der Waals surface area contributed by atoms with Crippen molar-refractivity contribution in [3.05, 3.63) is 89.4 Å². The Morgan fingerprint density at radius 3 is 2.20 bits per heavy atom. The van der Waals surface area contributed by atoms with Gasteiger partial charge >= 0.3 is 18.0 Å². The lowest BCUT2D eigenvalue weighted by molar-refractivity contribution is -0.144. The van der Waals surface area contributed by atoms with Crippen LogP contribution in [0.15, 0.2) is 78.9 Å². The van der Waals surface area contributed by atoms with Gasteiger partial charge in [0.05, 0.1) is 25.3 Å². The van der Waals surface area contributed by atoms with Crippen LogP contribution in [0.1, 0.15) is 30.6 Å². The Kier molecular flexibility index (Phi) is 10.6. The highest BCUT2D eigenvalue weighted by Gasteiger charge is 2.39. The van der Waals surface area contributed by atoms with E-state index in [2.05, 4.69) is 21.2 Å². The number of carbonyl (C=O) groups excluding carboxylic acids is 3. The Morgan fingerprint density at radius 2 is 1.56 bits per heavy atom. The van der Waals surface area contributed by atoms with Gasteiger partial charge in [0.2, 0.25) is 0 Å². The molecule has 2 aliphatic rings. The van der Waals surface area contributed by atoms with Crippen LogP contribution in [0.3, 0.4) is 0 Å². The van der Waals surface area contributed by atoms with E-state index in [1.807, 2.05) is 74.5 Å². The molecule has 2 amide bonds. The van der Waals surface area contributed by atoms with Crippen molar-refractivity contribution in [2.75, 3.05) is 51.3 Å². The number of halogens is 1. The smallest absolute Gasteiger partial charge is 0.338 e. The van der Waals surface area contributed by atoms with Crippen LogP contribution in [0, 0.1) is 5.92 Å². The Morgan fingerprint density at radius 1 is 0.867 bits per heavy atom. The zero-order chi connectivity index (χ0) is 31.9. The van der Waals surface area contributed by atoms with E-state index < -0.39 is 24.1 Å². The van der Waals surface area contributed by atoms with Gasteiger partial charge in [-0.15, -0.1) is 0 Å². The maximum Gasteiger partial charge on any atom is 0.338 e. The van der Waals surface area contributed by atoms with Crippen molar-refractivity contribution in [2.24, 2.45) is 5.92 Å². The fourth-order valence-corrected chi connectivity index (χ4v) is 6.28. The molecule has 0 spiro atoms. The van der Waals surface area contributed by atoms with E-state index in [0.29, 0.717) is 23.6 Å². The van der Waals surface area contributed by atoms with Crippen LogP contribution in [-0.4, -0.2) is 92.3 Å². The van der Waals surface area contributed by atoms with Crippen molar-refractivity contribution in [1.82, 2.24) is 15.1 Å². The minimum Gasteiger partial charge on any atom is -0.467 e. The van der Waals surface area contributed by atoms with Crippen LogP contribution in [0.4, 0.5) is 10.5 Å². The predicted molar refractivity (Wildman–Crippen MR) is 175 cm³/mol. The van der Waals surface area contributed by atoms with Crippen molar-refractivity contribution >= 4 is 35.3 Å². The highest BCUT2D eigenvalue weighted by molar-refractivity contribution is 6.30. The van der Waals surface area contributed by atoms with Crippen molar-refractivity contribution in [2.45, 2.75) is 38.5 Å². The summed E-state index contributed by atoms with van der Waals surface area (Å²) in [6.07, 6.45) is 0.0687. The molecule has 45 heavy (non-hydrogen) atoms. The first-order chi connectivity index (χ1) is 21.7. The second kappa shape index (κ2) is 14.8. The summed E-state index contributed by atoms with van der Waals surface area (Å²) in [6, 6.07) is 24.0. The molecule has 2 fully saturated rings. The van der Waals surface area contributed by atoms with Crippen LogP contribution in [0.5, 0.6) is 0 Å². The molecule has 0 radical (unpaired) electrons. The number of hydrogen-bond acceptors (Lipinski definition) is 7. The molecule has 2 aliphatic heterocycles. The molecular formula is C35H41ClN4O5. The number of anilines is 1. The van der Waals surface area contributed by atoms with Crippen molar-refractivity contribution in [3.8, 4) is 11.1 Å². The van der Waals surface area contributed by atoms with Gasteiger partial charge < -0.3 is 24.6 Å². The zero-order valence-electron chi connectivity index (χ0n) is 26.0. The van der Waals surface area contributed by atoms with Gasteiger partial charge in [-0.05, 0) is 53.8 Å². The fourth-order valence-electron chi connectivity index (χ4n) is 6.09. The first-order valence-corrected chi connectivity index (χ1v) is 15.9. The third kappa shape index (κ3) is 7.96. The lowest BCUT2D eigenvalue weighted by atomic mass is 9.98. The molecule has 3 aromatic carbocycles. The van der Waals surface area contributed by atoms with Crippen molar-refractivity contribution in [3.63, 3.8) is 0 Å². The van der Waals surface area contributed by atoms with Gasteiger partial charge in [-0.2, -0.15) is 0 Å². The van der Waals surface area contributed by atoms with Gasteiger partial charge in [0.15, 0.2) is 0 Å². The highest BCUT2D eigenvalue weighted by Crippen LogP contribution is 2.26. The van der Waals surface area contributed by atoms with Crippen LogP contribution in [-0.2, 0) is 14.3 Å². The lowest BCUT2D eigenvalue weighted by Crippen LogP contribution is -2.62. The summed E-state index contributed by atoms with van der Waals surface area (Å²) in [6.45, 7) is 7.55. The Hall–Kier alpha value is -4.08. The van der Waals surface area contributed by atoms with Gasteiger partial charge in [0.1, 0.15) is 12.1 Å². The summed E-state index contributed by atoms with van der Waals surface area (Å²) >= 11 is 6.24. The maximum atomic E-state index is 13.5. The average molecular weight is 633 g/mol. The number of methoxy groups -OCH3 is 1. The number of esters is 2. The van der Waals surface area contributed by atoms with Crippen LogP contribution in [0.25, 0.3) is 11.1 Å². The molecule has 1 unspecified atom stereocenters. The summed E-state index contributed by atoms with van der Waals surface area (Å²) in [5.74, 6) is -1.07. The Balaban J connectivity index is 1.30. The minimum atomic E-state index is -0.774. The first-order valence-electron chi connectivity index (χ1n) is 15.5. The average Bonchev–Trinajstić information content (AvgIpc) is 3.07. The maximum absolute atomic E-state index is 13.5. The largest absolute Gasteiger partial charge is 0.467 e. The van der Waals surface area contributed by atoms with E-state index in [9.17, 15) is 14.4 Å². The van der Waals surface area contributed by atoms with Gasteiger partial charge in [0, 0.05) is 43.4 Å². The molecular weight excluding hydrogens is 592 g/mol. The number of hydrogen-bond donors (Lipinski definition) is 1. The van der Waals surface area contributed by atoms with E-state index in [4.69, 9.17) is 21.1 Å². The number of carbonyl (C=O) groups is 3. The number of nitrogens with one attached hydrogen (secondary N) is 1. The van der Waals surface area contributed by atoms with Gasteiger partial charge in [-0.1, -0.05) is 74.0 Å². The summed E-state index contributed by atoms with van der Waals surface area (Å²) < 4.78 is 11.1. The fraction of sp³-hybridized carbons (Fsp3) is 0.400. The molecule has 10 heteroatoms. The molecule has 9 nitrogen and oxygen atoms in total.